The molecule has 0 aromatic carbocycles. The molecule has 0 aromatic heterocycles. The van der Waals surface area contributed by atoms with Crippen molar-refractivity contribution in [3.8, 4) is 0 Å². The molecule has 0 aromatic rings. The van der Waals surface area contributed by atoms with Crippen molar-refractivity contribution in [1.29, 1.82) is 0 Å². The molecule has 1 heterocycles. The topological polar surface area (TPSA) is 26.3 Å². The molecule has 4 heteroatoms. The highest BCUT2D eigenvalue weighted by molar-refractivity contribution is 6.58. The molecule has 2 rings (SSSR count). The monoisotopic (exact) mass is 222 g/mol. The number of alkyl halides is 2. The van der Waals surface area contributed by atoms with Crippen LogP contribution in [0.1, 0.15) is 32.1 Å². The minimum atomic E-state index is -1.28. The van der Waals surface area contributed by atoms with Gasteiger partial charge in [-0.05, 0) is 19.3 Å². The van der Waals surface area contributed by atoms with E-state index in [2.05, 4.69) is 0 Å². The quantitative estimate of drug-likeness (QED) is 0.466. The fourth-order valence-corrected chi connectivity index (χ4v) is 2.79. The second-order valence-corrected chi connectivity index (χ2v) is 5.20. The maximum atomic E-state index is 11.3. The van der Waals surface area contributed by atoms with Gasteiger partial charge in [0.2, 0.25) is 4.33 Å². The number of ether oxygens (including phenoxy) is 1. The van der Waals surface area contributed by atoms with Gasteiger partial charge in [0.25, 0.3) is 0 Å². The normalized spacial score (nSPS) is 37.8. The van der Waals surface area contributed by atoms with Gasteiger partial charge in [-0.3, -0.25) is 0 Å². The minimum Gasteiger partial charge on any atom is -0.460 e. The van der Waals surface area contributed by atoms with Crippen molar-refractivity contribution in [2.24, 2.45) is 5.92 Å². The molecule has 1 aliphatic heterocycles. The summed E-state index contributed by atoms with van der Waals surface area (Å²) in [6.07, 6.45) is 5.18. The van der Waals surface area contributed by atoms with Crippen molar-refractivity contribution in [2.45, 2.75) is 42.5 Å². The van der Waals surface area contributed by atoms with Crippen molar-refractivity contribution < 1.29 is 9.53 Å². The fraction of sp³-hybridized carbons (Fsp3) is 0.889. The molecule has 1 saturated heterocycles. The molecule has 1 aliphatic carbocycles. The van der Waals surface area contributed by atoms with Crippen LogP contribution in [0.4, 0.5) is 0 Å². The van der Waals surface area contributed by atoms with Crippen molar-refractivity contribution in [3.05, 3.63) is 0 Å². The highest BCUT2D eigenvalue weighted by atomic mass is 35.5. The first-order chi connectivity index (χ1) is 6.12. The summed E-state index contributed by atoms with van der Waals surface area (Å²) in [5, 5.41) is 0. The first-order valence-electron chi connectivity index (χ1n) is 4.71. The Balaban J connectivity index is 2.20. The molecular formula is C9H12Cl2O2. The fourth-order valence-electron chi connectivity index (χ4n) is 2.20. The Morgan fingerprint density at radius 3 is 2.69 bits per heavy atom. The second-order valence-electron chi connectivity index (χ2n) is 3.81. The van der Waals surface area contributed by atoms with Crippen LogP contribution in [-0.4, -0.2) is 16.4 Å². The molecule has 0 bridgehead atoms. The molecule has 0 N–H and O–H groups in total. The zero-order chi connectivity index (χ0) is 9.47. The summed E-state index contributed by atoms with van der Waals surface area (Å²) in [6.45, 7) is 0. The SMILES string of the molecule is O=C1O[C@H]2CCCCC[C@H]2C1(Cl)Cl. The lowest BCUT2D eigenvalue weighted by molar-refractivity contribution is -0.142. The van der Waals surface area contributed by atoms with E-state index in [4.69, 9.17) is 27.9 Å². The molecule has 13 heavy (non-hydrogen) atoms. The molecule has 2 fully saturated rings. The van der Waals surface area contributed by atoms with Crippen LogP contribution in [0.25, 0.3) is 0 Å². The van der Waals surface area contributed by atoms with E-state index in [0.717, 1.165) is 25.7 Å². The van der Waals surface area contributed by atoms with Crippen LogP contribution in [-0.2, 0) is 9.53 Å². The van der Waals surface area contributed by atoms with Gasteiger partial charge < -0.3 is 4.74 Å². The van der Waals surface area contributed by atoms with E-state index in [1.165, 1.54) is 6.42 Å². The van der Waals surface area contributed by atoms with Gasteiger partial charge in [0.1, 0.15) is 6.10 Å². The van der Waals surface area contributed by atoms with Crippen LogP contribution >= 0.6 is 23.2 Å². The molecule has 74 valence electrons. The van der Waals surface area contributed by atoms with Gasteiger partial charge in [-0.15, -0.1) is 0 Å². The van der Waals surface area contributed by atoms with Crippen LogP contribution in [0.2, 0.25) is 0 Å². The van der Waals surface area contributed by atoms with Gasteiger partial charge >= 0.3 is 5.97 Å². The molecular weight excluding hydrogens is 211 g/mol. The molecule has 2 nitrogen and oxygen atoms in total. The summed E-state index contributed by atoms with van der Waals surface area (Å²) < 4.78 is 3.87. The third kappa shape index (κ3) is 1.55. The Morgan fingerprint density at radius 2 is 1.92 bits per heavy atom. The third-order valence-electron chi connectivity index (χ3n) is 2.95. The Morgan fingerprint density at radius 1 is 1.23 bits per heavy atom. The van der Waals surface area contributed by atoms with Crippen molar-refractivity contribution in [3.63, 3.8) is 0 Å². The predicted molar refractivity (Wildman–Crippen MR) is 50.9 cm³/mol. The highest BCUT2D eigenvalue weighted by Crippen LogP contribution is 2.46. The average molecular weight is 223 g/mol. The predicted octanol–water partition coefficient (Wildman–Crippen LogP) is 2.67. The Kier molecular flexibility index (Phi) is 2.45. The largest absolute Gasteiger partial charge is 0.460 e. The van der Waals surface area contributed by atoms with Crippen LogP contribution < -0.4 is 0 Å². The Bertz CT molecular complexity index is 228. The molecule has 0 amide bonds. The number of esters is 1. The van der Waals surface area contributed by atoms with Gasteiger partial charge in [0.05, 0.1) is 0 Å². The van der Waals surface area contributed by atoms with Crippen LogP contribution in [0, 0.1) is 5.92 Å². The zero-order valence-corrected chi connectivity index (χ0v) is 8.77. The molecule has 0 unspecified atom stereocenters. The number of hydrogen-bond donors (Lipinski definition) is 0. The first-order valence-corrected chi connectivity index (χ1v) is 5.47. The lowest BCUT2D eigenvalue weighted by Gasteiger charge is -2.18. The van der Waals surface area contributed by atoms with Crippen molar-refractivity contribution in [1.82, 2.24) is 0 Å². The Labute approximate surface area is 87.5 Å². The summed E-state index contributed by atoms with van der Waals surface area (Å²) in [4.78, 5) is 11.3. The zero-order valence-electron chi connectivity index (χ0n) is 7.26. The van der Waals surface area contributed by atoms with Crippen molar-refractivity contribution >= 4 is 29.2 Å². The van der Waals surface area contributed by atoms with Gasteiger partial charge in [0.15, 0.2) is 0 Å². The van der Waals surface area contributed by atoms with E-state index in [9.17, 15) is 4.79 Å². The van der Waals surface area contributed by atoms with Gasteiger partial charge in [-0.2, -0.15) is 0 Å². The maximum Gasteiger partial charge on any atom is 0.343 e. The molecule has 1 saturated carbocycles. The number of carbonyl (C=O) groups is 1. The first kappa shape index (κ1) is 9.60. The van der Waals surface area contributed by atoms with Crippen molar-refractivity contribution in [2.75, 3.05) is 0 Å². The van der Waals surface area contributed by atoms with E-state index < -0.39 is 10.3 Å². The molecule has 2 aliphatic rings. The number of rotatable bonds is 0. The van der Waals surface area contributed by atoms with E-state index in [1.807, 2.05) is 0 Å². The van der Waals surface area contributed by atoms with Gasteiger partial charge in [-0.25, -0.2) is 4.79 Å². The minimum absolute atomic E-state index is 0.00540. The summed E-state index contributed by atoms with van der Waals surface area (Å²) in [6, 6.07) is 0. The van der Waals surface area contributed by atoms with Crippen LogP contribution in [0.5, 0.6) is 0 Å². The standard InChI is InChI=1S/C9H12Cl2O2/c10-9(11)6-4-2-1-3-5-7(6)13-8(9)12/h6-7H,1-5H2/t6-,7+/m1/s1. The van der Waals surface area contributed by atoms with Crippen LogP contribution in [0.3, 0.4) is 0 Å². The number of halogens is 2. The smallest absolute Gasteiger partial charge is 0.343 e. The number of hydrogen-bond acceptors (Lipinski definition) is 2. The Hall–Kier alpha value is 0.0500. The van der Waals surface area contributed by atoms with E-state index in [-0.39, 0.29) is 12.0 Å². The van der Waals surface area contributed by atoms with E-state index in [1.54, 1.807) is 0 Å². The van der Waals surface area contributed by atoms with E-state index >= 15 is 0 Å². The number of fused-ring (bicyclic) bond motifs is 1. The number of carbonyl (C=O) groups excluding carboxylic acids is 1. The molecule has 2 atom stereocenters. The lowest BCUT2D eigenvalue weighted by atomic mass is 9.96. The highest BCUT2D eigenvalue weighted by Gasteiger charge is 2.55. The summed E-state index contributed by atoms with van der Waals surface area (Å²) in [7, 11) is 0. The summed E-state index contributed by atoms with van der Waals surface area (Å²) in [5.41, 5.74) is 0. The van der Waals surface area contributed by atoms with Crippen LogP contribution in [0.15, 0.2) is 0 Å². The molecule has 0 radical (unpaired) electrons. The van der Waals surface area contributed by atoms with Gasteiger partial charge in [0, 0.05) is 5.92 Å². The third-order valence-corrected chi connectivity index (χ3v) is 3.82. The maximum absolute atomic E-state index is 11.3. The van der Waals surface area contributed by atoms with E-state index in [0.29, 0.717) is 0 Å². The summed E-state index contributed by atoms with van der Waals surface area (Å²) >= 11 is 11.9. The second kappa shape index (κ2) is 3.32. The summed E-state index contributed by atoms with van der Waals surface area (Å²) in [5.74, 6) is -0.446. The average Bonchev–Trinajstić information content (AvgIpc) is 2.31. The van der Waals surface area contributed by atoms with Gasteiger partial charge in [-0.1, -0.05) is 36.0 Å². The lowest BCUT2D eigenvalue weighted by Crippen LogP contribution is -2.29. The molecule has 0 spiro atoms.